The SMILES string of the molecule is Cc1nc(Sc2ccccc2)ccc1/C=N\O. The molecular formula is C13H12N2OS. The van der Waals surface area contributed by atoms with E-state index in [-0.39, 0.29) is 0 Å². The minimum Gasteiger partial charge on any atom is -0.411 e. The van der Waals surface area contributed by atoms with Gasteiger partial charge in [-0.2, -0.15) is 0 Å². The van der Waals surface area contributed by atoms with Crippen LogP contribution in [0.25, 0.3) is 0 Å². The maximum Gasteiger partial charge on any atom is 0.101 e. The van der Waals surface area contributed by atoms with Crippen molar-refractivity contribution in [3.8, 4) is 0 Å². The second-order valence-electron chi connectivity index (χ2n) is 3.48. The first kappa shape index (κ1) is 11.7. The van der Waals surface area contributed by atoms with Gasteiger partial charge in [-0.1, -0.05) is 35.1 Å². The smallest absolute Gasteiger partial charge is 0.101 e. The normalized spacial score (nSPS) is 10.9. The van der Waals surface area contributed by atoms with Gasteiger partial charge in [-0.15, -0.1) is 0 Å². The number of aromatic nitrogens is 1. The van der Waals surface area contributed by atoms with Gasteiger partial charge in [-0.25, -0.2) is 4.98 Å². The molecule has 17 heavy (non-hydrogen) atoms. The Morgan fingerprint density at radius 2 is 1.94 bits per heavy atom. The van der Waals surface area contributed by atoms with E-state index < -0.39 is 0 Å². The topological polar surface area (TPSA) is 45.5 Å². The van der Waals surface area contributed by atoms with Crippen molar-refractivity contribution < 1.29 is 5.21 Å². The van der Waals surface area contributed by atoms with Gasteiger partial charge >= 0.3 is 0 Å². The molecule has 1 aromatic carbocycles. The quantitative estimate of drug-likeness (QED) is 0.511. The van der Waals surface area contributed by atoms with Gasteiger partial charge in [-0.05, 0) is 31.2 Å². The first-order valence-corrected chi connectivity index (χ1v) is 5.99. The number of hydrogen-bond acceptors (Lipinski definition) is 4. The van der Waals surface area contributed by atoms with Crippen LogP contribution in [0, 0.1) is 6.92 Å². The Kier molecular flexibility index (Phi) is 3.77. The van der Waals surface area contributed by atoms with Gasteiger partial charge in [0.15, 0.2) is 0 Å². The van der Waals surface area contributed by atoms with Crippen molar-refractivity contribution in [2.45, 2.75) is 16.8 Å². The maximum absolute atomic E-state index is 8.49. The Morgan fingerprint density at radius 1 is 1.18 bits per heavy atom. The summed E-state index contributed by atoms with van der Waals surface area (Å²) in [5.74, 6) is 0. The van der Waals surface area contributed by atoms with Gasteiger partial charge < -0.3 is 5.21 Å². The van der Waals surface area contributed by atoms with Crippen LogP contribution in [0.15, 0.2) is 57.5 Å². The van der Waals surface area contributed by atoms with Crippen LogP contribution in [0.2, 0.25) is 0 Å². The molecule has 0 bridgehead atoms. The summed E-state index contributed by atoms with van der Waals surface area (Å²) in [7, 11) is 0. The van der Waals surface area contributed by atoms with Crippen LogP contribution in [0.5, 0.6) is 0 Å². The standard InChI is InChI=1S/C13H12N2OS/c1-10-11(9-14-16)7-8-13(15-10)17-12-5-3-2-4-6-12/h2-9,16H,1H3/b14-9-. The van der Waals surface area contributed by atoms with E-state index in [1.165, 1.54) is 6.21 Å². The molecule has 1 heterocycles. The fourth-order valence-corrected chi connectivity index (χ4v) is 2.27. The Bertz CT molecular complexity index is 526. The molecule has 1 aromatic heterocycles. The van der Waals surface area contributed by atoms with Crippen molar-refractivity contribution in [2.24, 2.45) is 5.16 Å². The Morgan fingerprint density at radius 3 is 2.59 bits per heavy atom. The highest BCUT2D eigenvalue weighted by Gasteiger charge is 2.02. The van der Waals surface area contributed by atoms with E-state index in [2.05, 4.69) is 10.1 Å². The number of hydrogen-bond donors (Lipinski definition) is 1. The minimum atomic E-state index is 0.824. The summed E-state index contributed by atoms with van der Waals surface area (Å²) in [5, 5.41) is 12.4. The fourth-order valence-electron chi connectivity index (χ4n) is 1.41. The van der Waals surface area contributed by atoms with E-state index in [0.717, 1.165) is 21.2 Å². The van der Waals surface area contributed by atoms with Crippen molar-refractivity contribution >= 4 is 18.0 Å². The van der Waals surface area contributed by atoms with Crippen LogP contribution in [-0.4, -0.2) is 16.4 Å². The molecule has 86 valence electrons. The number of benzene rings is 1. The average molecular weight is 244 g/mol. The number of oxime groups is 1. The number of aryl methyl sites for hydroxylation is 1. The van der Waals surface area contributed by atoms with E-state index in [1.54, 1.807) is 11.8 Å². The molecule has 0 saturated heterocycles. The third kappa shape index (κ3) is 3.07. The molecule has 1 N–H and O–H groups in total. The molecule has 0 fully saturated rings. The Hall–Kier alpha value is -1.81. The molecule has 3 nitrogen and oxygen atoms in total. The lowest BCUT2D eigenvalue weighted by atomic mass is 10.2. The fraction of sp³-hybridized carbons (Fsp3) is 0.0769. The molecule has 0 radical (unpaired) electrons. The minimum absolute atomic E-state index is 0.824. The zero-order valence-electron chi connectivity index (χ0n) is 9.37. The zero-order chi connectivity index (χ0) is 12.1. The molecule has 0 spiro atoms. The molecule has 0 aliphatic carbocycles. The Balaban J connectivity index is 2.21. The van der Waals surface area contributed by atoms with Crippen LogP contribution >= 0.6 is 11.8 Å². The average Bonchev–Trinajstić information content (AvgIpc) is 2.34. The van der Waals surface area contributed by atoms with Crippen LogP contribution in [0.1, 0.15) is 11.3 Å². The molecule has 2 rings (SSSR count). The second kappa shape index (κ2) is 5.50. The van der Waals surface area contributed by atoms with E-state index in [1.807, 2.05) is 49.4 Å². The summed E-state index contributed by atoms with van der Waals surface area (Å²) in [4.78, 5) is 5.60. The van der Waals surface area contributed by atoms with E-state index in [0.29, 0.717) is 0 Å². The van der Waals surface area contributed by atoms with Crippen molar-refractivity contribution in [1.82, 2.24) is 4.98 Å². The second-order valence-corrected chi connectivity index (χ2v) is 4.58. The molecule has 0 aliphatic rings. The molecule has 4 heteroatoms. The highest BCUT2D eigenvalue weighted by molar-refractivity contribution is 7.99. The maximum atomic E-state index is 8.49. The van der Waals surface area contributed by atoms with Gasteiger partial charge in [0, 0.05) is 16.2 Å². The molecule has 2 aromatic rings. The van der Waals surface area contributed by atoms with E-state index >= 15 is 0 Å². The van der Waals surface area contributed by atoms with Crippen LogP contribution in [0.4, 0.5) is 0 Å². The largest absolute Gasteiger partial charge is 0.411 e. The number of rotatable bonds is 3. The predicted octanol–water partition coefficient (Wildman–Crippen LogP) is 3.35. The van der Waals surface area contributed by atoms with Gasteiger partial charge in [0.25, 0.3) is 0 Å². The number of pyridine rings is 1. The summed E-state index contributed by atoms with van der Waals surface area (Å²) in [5.41, 5.74) is 1.67. The first-order valence-electron chi connectivity index (χ1n) is 5.17. The van der Waals surface area contributed by atoms with Gasteiger partial charge in [0.1, 0.15) is 5.03 Å². The highest BCUT2D eigenvalue weighted by atomic mass is 32.2. The lowest BCUT2D eigenvalue weighted by Crippen LogP contribution is -1.92. The van der Waals surface area contributed by atoms with E-state index in [9.17, 15) is 0 Å². The zero-order valence-corrected chi connectivity index (χ0v) is 10.2. The summed E-state index contributed by atoms with van der Waals surface area (Å²) < 4.78 is 0. The first-order chi connectivity index (χ1) is 8.29. The molecule has 0 atom stereocenters. The molecule has 0 aliphatic heterocycles. The Labute approximate surface area is 104 Å². The monoisotopic (exact) mass is 244 g/mol. The molecule has 0 amide bonds. The van der Waals surface area contributed by atoms with Crippen molar-refractivity contribution in [2.75, 3.05) is 0 Å². The van der Waals surface area contributed by atoms with Gasteiger partial charge in [-0.3, -0.25) is 0 Å². The van der Waals surface area contributed by atoms with Crippen molar-refractivity contribution in [1.29, 1.82) is 0 Å². The van der Waals surface area contributed by atoms with E-state index in [4.69, 9.17) is 5.21 Å². The molecular weight excluding hydrogens is 232 g/mol. The van der Waals surface area contributed by atoms with Crippen LogP contribution < -0.4 is 0 Å². The van der Waals surface area contributed by atoms with Crippen LogP contribution in [0.3, 0.4) is 0 Å². The van der Waals surface area contributed by atoms with Crippen LogP contribution in [-0.2, 0) is 0 Å². The van der Waals surface area contributed by atoms with Gasteiger partial charge in [0.05, 0.1) is 6.21 Å². The summed E-state index contributed by atoms with van der Waals surface area (Å²) in [6.45, 7) is 1.89. The van der Waals surface area contributed by atoms with Gasteiger partial charge in [0.2, 0.25) is 0 Å². The predicted molar refractivity (Wildman–Crippen MR) is 68.9 cm³/mol. The number of nitrogens with zero attached hydrogens (tertiary/aromatic N) is 2. The molecule has 0 saturated carbocycles. The summed E-state index contributed by atoms with van der Waals surface area (Å²) in [6.07, 6.45) is 1.39. The van der Waals surface area contributed by atoms with Crippen molar-refractivity contribution in [3.05, 3.63) is 53.7 Å². The lowest BCUT2D eigenvalue weighted by Gasteiger charge is -2.03. The third-order valence-electron chi connectivity index (χ3n) is 2.26. The highest BCUT2D eigenvalue weighted by Crippen LogP contribution is 2.26. The summed E-state index contributed by atoms with van der Waals surface area (Å²) >= 11 is 1.61. The van der Waals surface area contributed by atoms with Crippen molar-refractivity contribution in [3.63, 3.8) is 0 Å². The lowest BCUT2D eigenvalue weighted by molar-refractivity contribution is 0.322. The summed E-state index contributed by atoms with van der Waals surface area (Å²) in [6, 6.07) is 13.9. The molecule has 0 unspecified atom stereocenters. The third-order valence-corrected chi connectivity index (χ3v) is 3.21.